The molecule has 0 aliphatic heterocycles. The summed E-state index contributed by atoms with van der Waals surface area (Å²) in [6, 6.07) is 1.60. The summed E-state index contributed by atoms with van der Waals surface area (Å²) in [6.45, 7) is 3.41. The third kappa shape index (κ3) is 3.59. The maximum absolute atomic E-state index is 13.8. The van der Waals surface area contributed by atoms with Gasteiger partial charge in [-0.15, -0.1) is 0 Å². The van der Waals surface area contributed by atoms with E-state index < -0.39 is 17.8 Å². The van der Waals surface area contributed by atoms with Gasteiger partial charge in [0.05, 0.1) is 17.9 Å². The van der Waals surface area contributed by atoms with Crippen LogP contribution in [0.5, 0.6) is 0 Å². The molecule has 0 saturated heterocycles. The van der Waals surface area contributed by atoms with Crippen molar-refractivity contribution in [2.24, 2.45) is 0 Å². The van der Waals surface area contributed by atoms with Gasteiger partial charge in [0.25, 0.3) is 0 Å². The largest absolute Gasteiger partial charge is 0.462 e. The average Bonchev–Trinajstić information content (AvgIpc) is 2.40. The summed E-state index contributed by atoms with van der Waals surface area (Å²) < 4.78 is 18.6. The molecular formula is C13H18FN3O3. The van der Waals surface area contributed by atoms with Crippen molar-refractivity contribution in [2.75, 3.05) is 24.7 Å². The van der Waals surface area contributed by atoms with Crippen LogP contribution in [0.2, 0.25) is 0 Å². The van der Waals surface area contributed by atoms with Gasteiger partial charge < -0.3 is 21.1 Å². The Balaban J connectivity index is 3.05. The molecule has 1 unspecified atom stereocenters. The highest BCUT2D eigenvalue weighted by Gasteiger charge is 2.18. The number of ether oxygens (including phenoxy) is 1. The third-order valence-corrected chi connectivity index (χ3v) is 2.65. The van der Waals surface area contributed by atoms with Crippen LogP contribution in [-0.2, 0) is 9.53 Å². The standard InChI is InChI=1S/C13H18FN3O3/c1-4-20-13(19)8-5-11(9(14)6-10(8)15)17-7(2)12(18)16-3/h5-7,17H,4,15H2,1-3H3,(H,16,18). The highest BCUT2D eigenvalue weighted by atomic mass is 19.1. The number of esters is 1. The van der Waals surface area contributed by atoms with Gasteiger partial charge in [0.2, 0.25) is 5.91 Å². The summed E-state index contributed by atoms with van der Waals surface area (Å²) in [4.78, 5) is 23.1. The molecule has 7 heteroatoms. The van der Waals surface area contributed by atoms with Crippen molar-refractivity contribution in [3.8, 4) is 0 Å². The number of halogens is 1. The second-order valence-electron chi connectivity index (χ2n) is 4.12. The molecule has 0 bridgehead atoms. The van der Waals surface area contributed by atoms with Gasteiger partial charge in [0.15, 0.2) is 0 Å². The number of carbonyl (C=O) groups excluding carboxylic acids is 2. The van der Waals surface area contributed by atoms with Crippen molar-refractivity contribution in [3.63, 3.8) is 0 Å². The van der Waals surface area contributed by atoms with Crippen LogP contribution in [0.15, 0.2) is 12.1 Å². The Hall–Kier alpha value is -2.31. The number of carbonyl (C=O) groups is 2. The van der Waals surface area contributed by atoms with Crippen LogP contribution in [0.25, 0.3) is 0 Å². The second-order valence-corrected chi connectivity index (χ2v) is 4.12. The number of hydrogen-bond acceptors (Lipinski definition) is 5. The molecule has 4 N–H and O–H groups in total. The third-order valence-electron chi connectivity index (χ3n) is 2.65. The van der Waals surface area contributed by atoms with Crippen LogP contribution in [0.4, 0.5) is 15.8 Å². The van der Waals surface area contributed by atoms with Crippen LogP contribution >= 0.6 is 0 Å². The van der Waals surface area contributed by atoms with Crippen LogP contribution in [0.3, 0.4) is 0 Å². The van der Waals surface area contributed by atoms with Gasteiger partial charge in [0, 0.05) is 12.7 Å². The molecular weight excluding hydrogens is 265 g/mol. The molecule has 0 aliphatic rings. The Morgan fingerprint density at radius 2 is 2.10 bits per heavy atom. The van der Waals surface area contributed by atoms with E-state index in [1.165, 1.54) is 13.1 Å². The van der Waals surface area contributed by atoms with Crippen LogP contribution in [0, 0.1) is 5.82 Å². The highest BCUT2D eigenvalue weighted by molar-refractivity contribution is 5.96. The van der Waals surface area contributed by atoms with E-state index >= 15 is 0 Å². The predicted molar refractivity (Wildman–Crippen MR) is 73.9 cm³/mol. The zero-order valence-corrected chi connectivity index (χ0v) is 11.6. The minimum absolute atomic E-state index is 0.0124. The fourth-order valence-electron chi connectivity index (χ4n) is 1.60. The van der Waals surface area contributed by atoms with Gasteiger partial charge in [-0.25, -0.2) is 9.18 Å². The smallest absolute Gasteiger partial charge is 0.340 e. The molecule has 20 heavy (non-hydrogen) atoms. The van der Waals surface area contributed by atoms with Crippen molar-refractivity contribution in [2.45, 2.75) is 19.9 Å². The minimum Gasteiger partial charge on any atom is -0.462 e. The molecule has 0 saturated carbocycles. The summed E-state index contributed by atoms with van der Waals surface area (Å²) in [6.07, 6.45) is 0. The van der Waals surface area contributed by atoms with Crippen molar-refractivity contribution >= 4 is 23.3 Å². The van der Waals surface area contributed by atoms with Gasteiger partial charge >= 0.3 is 5.97 Å². The van der Waals surface area contributed by atoms with Gasteiger partial charge in [-0.05, 0) is 26.0 Å². The number of anilines is 2. The van der Waals surface area contributed by atoms with E-state index in [4.69, 9.17) is 10.5 Å². The van der Waals surface area contributed by atoms with E-state index in [2.05, 4.69) is 10.6 Å². The molecule has 1 aromatic carbocycles. The molecule has 110 valence electrons. The Morgan fingerprint density at radius 1 is 1.45 bits per heavy atom. The number of benzene rings is 1. The maximum Gasteiger partial charge on any atom is 0.340 e. The van der Waals surface area contributed by atoms with Gasteiger partial charge in [-0.1, -0.05) is 0 Å². The van der Waals surface area contributed by atoms with Crippen molar-refractivity contribution in [1.29, 1.82) is 0 Å². The van der Waals surface area contributed by atoms with Crippen LogP contribution in [0.1, 0.15) is 24.2 Å². The van der Waals surface area contributed by atoms with Crippen molar-refractivity contribution < 1.29 is 18.7 Å². The summed E-state index contributed by atoms with van der Waals surface area (Å²) >= 11 is 0. The SMILES string of the molecule is CCOC(=O)c1cc(NC(C)C(=O)NC)c(F)cc1N. The summed E-state index contributed by atoms with van der Waals surface area (Å²) in [5.74, 6) is -1.59. The van der Waals surface area contributed by atoms with Crippen molar-refractivity contribution in [3.05, 3.63) is 23.5 Å². The Kier molecular flexibility index (Phi) is 5.31. The first-order valence-corrected chi connectivity index (χ1v) is 6.15. The molecule has 0 spiro atoms. The highest BCUT2D eigenvalue weighted by Crippen LogP contribution is 2.23. The molecule has 0 aliphatic carbocycles. The zero-order valence-electron chi connectivity index (χ0n) is 11.6. The molecule has 6 nitrogen and oxygen atoms in total. The van der Waals surface area contributed by atoms with E-state index in [1.54, 1.807) is 13.8 Å². The molecule has 1 rings (SSSR count). The lowest BCUT2D eigenvalue weighted by molar-refractivity contribution is -0.121. The number of nitrogens with one attached hydrogen (secondary N) is 2. The quantitative estimate of drug-likeness (QED) is 0.556. The molecule has 0 heterocycles. The number of likely N-dealkylation sites (N-methyl/N-ethyl adjacent to an activating group) is 1. The first kappa shape index (κ1) is 15.7. The number of amides is 1. The Labute approximate surface area is 116 Å². The van der Waals surface area contributed by atoms with Gasteiger partial charge in [-0.3, -0.25) is 4.79 Å². The fraction of sp³-hybridized carbons (Fsp3) is 0.385. The molecule has 0 radical (unpaired) electrons. The van der Waals surface area contributed by atoms with Crippen molar-refractivity contribution in [1.82, 2.24) is 5.32 Å². The lowest BCUT2D eigenvalue weighted by Crippen LogP contribution is -2.35. The Bertz CT molecular complexity index is 520. The monoisotopic (exact) mass is 283 g/mol. The van der Waals surface area contributed by atoms with E-state index in [0.717, 1.165) is 6.07 Å². The average molecular weight is 283 g/mol. The van der Waals surface area contributed by atoms with E-state index in [9.17, 15) is 14.0 Å². The van der Waals surface area contributed by atoms with E-state index in [-0.39, 0.29) is 29.5 Å². The number of rotatable bonds is 5. The van der Waals surface area contributed by atoms with Crippen LogP contribution in [-0.4, -0.2) is 31.6 Å². The van der Waals surface area contributed by atoms with Crippen LogP contribution < -0.4 is 16.4 Å². The Morgan fingerprint density at radius 3 is 2.65 bits per heavy atom. The first-order valence-electron chi connectivity index (χ1n) is 6.15. The molecule has 0 aromatic heterocycles. The predicted octanol–water partition coefficient (Wildman–Crippen LogP) is 1.13. The molecule has 1 amide bonds. The van der Waals surface area contributed by atoms with Gasteiger partial charge in [0.1, 0.15) is 11.9 Å². The second kappa shape index (κ2) is 6.74. The van der Waals surface area contributed by atoms with E-state index in [1.807, 2.05) is 0 Å². The number of nitrogens with two attached hydrogens (primary N) is 1. The normalized spacial score (nSPS) is 11.6. The molecule has 0 fully saturated rings. The summed E-state index contributed by atoms with van der Waals surface area (Å²) in [5, 5.41) is 5.11. The first-order chi connectivity index (χ1) is 9.40. The topological polar surface area (TPSA) is 93.4 Å². The summed E-state index contributed by atoms with van der Waals surface area (Å²) in [7, 11) is 1.48. The minimum atomic E-state index is -0.659. The van der Waals surface area contributed by atoms with E-state index in [0.29, 0.717) is 0 Å². The number of nitrogen functional groups attached to an aromatic ring is 1. The fourth-order valence-corrected chi connectivity index (χ4v) is 1.60. The lowest BCUT2D eigenvalue weighted by atomic mass is 10.1. The number of hydrogen-bond donors (Lipinski definition) is 3. The lowest BCUT2D eigenvalue weighted by Gasteiger charge is -2.16. The molecule has 1 aromatic rings. The molecule has 1 atom stereocenters. The zero-order chi connectivity index (χ0) is 15.3. The summed E-state index contributed by atoms with van der Waals surface area (Å²) in [5.41, 5.74) is 5.64. The van der Waals surface area contributed by atoms with Gasteiger partial charge in [-0.2, -0.15) is 0 Å². The maximum atomic E-state index is 13.8.